The summed E-state index contributed by atoms with van der Waals surface area (Å²) in [6.07, 6.45) is 0. The van der Waals surface area contributed by atoms with Crippen LogP contribution in [0.5, 0.6) is 0 Å². The first kappa shape index (κ1) is 17.8. The van der Waals surface area contributed by atoms with Gasteiger partial charge in [-0.05, 0) is 36.8 Å². The summed E-state index contributed by atoms with van der Waals surface area (Å²) in [5.41, 5.74) is 3.22. The molecule has 0 spiro atoms. The highest BCUT2D eigenvalue weighted by Gasteiger charge is 2.07. The summed E-state index contributed by atoms with van der Waals surface area (Å²) < 4.78 is 2.13. The highest BCUT2D eigenvalue weighted by Crippen LogP contribution is 2.17. The number of rotatable bonds is 7. The molecular formula is C19H20ClN3OS. The molecule has 0 atom stereocenters. The molecule has 0 saturated heterocycles. The monoisotopic (exact) mass is 373 g/mol. The fourth-order valence-corrected chi connectivity index (χ4v) is 3.74. The van der Waals surface area contributed by atoms with E-state index < -0.39 is 0 Å². The van der Waals surface area contributed by atoms with Crippen LogP contribution in [0.1, 0.15) is 11.4 Å². The molecule has 0 radical (unpaired) electrons. The predicted octanol–water partition coefficient (Wildman–Crippen LogP) is 4.05. The van der Waals surface area contributed by atoms with E-state index in [0.29, 0.717) is 12.3 Å². The fraction of sp³-hybridized carbons (Fsp3) is 0.263. The molecule has 3 rings (SSSR count). The Balaban J connectivity index is 1.44. The second-order valence-corrected chi connectivity index (χ2v) is 7.19. The minimum atomic E-state index is 0.0501. The van der Waals surface area contributed by atoms with Gasteiger partial charge in [-0.25, -0.2) is 4.98 Å². The van der Waals surface area contributed by atoms with Crippen molar-refractivity contribution in [2.45, 2.75) is 19.2 Å². The minimum Gasteiger partial charge on any atom is -0.354 e. The van der Waals surface area contributed by atoms with Gasteiger partial charge in [-0.15, -0.1) is 11.8 Å². The molecule has 0 aliphatic heterocycles. The number of amides is 1. The number of hydrogen-bond donors (Lipinski definition) is 1. The van der Waals surface area contributed by atoms with Gasteiger partial charge in [0.05, 0.1) is 16.8 Å². The van der Waals surface area contributed by atoms with E-state index in [0.717, 1.165) is 39.7 Å². The van der Waals surface area contributed by atoms with E-state index in [4.69, 9.17) is 11.6 Å². The standard InChI is InChI=1S/C19H20ClN3OS/c1-14-22-17-7-2-3-8-18(17)23(14)10-9-21-19(24)13-25-12-15-5-4-6-16(20)11-15/h2-8,11H,9-10,12-13H2,1H3,(H,21,24). The van der Waals surface area contributed by atoms with Gasteiger partial charge in [0.15, 0.2) is 0 Å². The number of nitrogens with one attached hydrogen (secondary N) is 1. The van der Waals surface area contributed by atoms with Crippen molar-refractivity contribution >= 4 is 40.3 Å². The maximum absolute atomic E-state index is 12.0. The first-order valence-corrected chi connectivity index (χ1v) is 9.67. The molecule has 4 nitrogen and oxygen atoms in total. The van der Waals surface area contributed by atoms with Crippen LogP contribution >= 0.6 is 23.4 Å². The van der Waals surface area contributed by atoms with Crippen molar-refractivity contribution in [3.05, 3.63) is 64.9 Å². The molecule has 1 N–H and O–H groups in total. The largest absolute Gasteiger partial charge is 0.354 e. The smallest absolute Gasteiger partial charge is 0.230 e. The topological polar surface area (TPSA) is 46.9 Å². The lowest BCUT2D eigenvalue weighted by molar-refractivity contribution is -0.118. The number of carbonyl (C=O) groups is 1. The maximum Gasteiger partial charge on any atom is 0.230 e. The highest BCUT2D eigenvalue weighted by molar-refractivity contribution is 7.99. The Hall–Kier alpha value is -1.98. The van der Waals surface area contributed by atoms with E-state index in [-0.39, 0.29) is 5.91 Å². The average molecular weight is 374 g/mol. The molecule has 0 aliphatic rings. The number of nitrogens with zero attached hydrogens (tertiary/aromatic N) is 2. The number of fused-ring (bicyclic) bond motifs is 1. The Kier molecular flexibility index (Phi) is 6.00. The number of aromatic nitrogens is 2. The lowest BCUT2D eigenvalue weighted by atomic mass is 10.2. The summed E-state index contributed by atoms with van der Waals surface area (Å²) in [6.45, 7) is 3.30. The molecule has 25 heavy (non-hydrogen) atoms. The lowest BCUT2D eigenvalue weighted by Gasteiger charge is -2.09. The van der Waals surface area contributed by atoms with Gasteiger partial charge in [-0.3, -0.25) is 4.79 Å². The van der Waals surface area contributed by atoms with Crippen LogP contribution in [0.4, 0.5) is 0 Å². The first-order valence-electron chi connectivity index (χ1n) is 8.14. The van der Waals surface area contributed by atoms with Crippen LogP contribution < -0.4 is 5.32 Å². The maximum atomic E-state index is 12.0. The number of imidazole rings is 1. The Bertz CT molecular complexity index is 878. The fourth-order valence-electron chi connectivity index (χ4n) is 2.72. The van der Waals surface area contributed by atoms with Gasteiger partial charge >= 0.3 is 0 Å². The van der Waals surface area contributed by atoms with Crippen LogP contribution in [0.25, 0.3) is 11.0 Å². The molecular weight excluding hydrogens is 354 g/mol. The van der Waals surface area contributed by atoms with Crippen molar-refractivity contribution in [3.8, 4) is 0 Å². The van der Waals surface area contributed by atoms with Crippen LogP contribution in [0, 0.1) is 6.92 Å². The van der Waals surface area contributed by atoms with Crippen LogP contribution in [-0.2, 0) is 17.1 Å². The van der Waals surface area contributed by atoms with E-state index in [2.05, 4.69) is 20.9 Å². The van der Waals surface area contributed by atoms with Crippen molar-refractivity contribution in [3.63, 3.8) is 0 Å². The summed E-state index contributed by atoms with van der Waals surface area (Å²) in [5, 5.41) is 3.70. The lowest BCUT2D eigenvalue weighted by Crippen LogP contribution is -2.28. The third kappa shape index (κ3) is 4.77. The van der Waals surface area contributed by atoms with Crippen molar-refractivity contribution in [2.75, 3.05) is 12.3 Å². The molecule has 1 heterocycles. The molecule has 1 aromatic heterocycles. The molecule has 0 saturated carbocycles. The number of hydrogen-bond acceptors (Lipinski definition) is 3. The summed E-state index contributed by atoms with van der Waals surface area (Å²) in [4.78, 5) is 16.5. The molecule has 6 heteroatoms. The number of halogens is 1. The summed E-state index contributed by atoms with van der Waals surface area (Å²) in [7, 11) is 0. The van der Waals surface area contributed by atoms with Gasteiger partial charge in [0.2, 0.25) is 5.91 Å². The molecule has 0 fully saturated rings. The van der Waals surface area contributed by atoms with Crippen LogP contribution in [0.2, 0.25) is 5.02 Å². The first-order chi connectivity index (χ1) is 12.1. The molecule has 0 unspecified atom stereocenters. The van der Waals surface area contributed by atoms with Crippen LogP contribution in [0.15, 0.2) is 48.5 Å². The van der Waals surface area contributed by atoms with E-state index in [1.807, 2.05) is 49.4 Å². The number of para-hydroxylation sites is 2. The third-order valence-corrected chi connectivity index (χ3v) is 5.13. The van der Waals surface area contributed by atoms with Gasteiger partial charge in [0.1, 0.15) is 5.82 Å². The van der Waals surface area contributed by atoms with Crippen molar-refractivity contribution < 1.29 is 4.79 Å². The third-order valence-electron chi connectivity index (χ3n) is 3.89. The summed E-state index contributed by atoms with van der Waals surface area (Å²) in [6, 6.07) is 15.8. The predicted molar refractivity (Wildman–Crippen MR) is 105 cm³/mol. The zero-order valence-corrected chi connectivity index (χ0v) is 15.6. The SMILES string of the molecule is Cc1nc2ccccc2n1CCNC(=O)CSCc1cccc(Cl)c1. The number of carbonyl (C=O) groups excluding carboxylic acids is 1. The van der Waals surface area contributed by atoms with E-state index in [9.17, 15) is 4.79 Å². The second kappa shape index (κ2) is 8.41. The Labute approximate surface area is 156 Å². The van der Waals surface area contributed by atoms with Gasteiger partial charge in [0, 0.05) is 23.9 Å². The van der Waals surface area contributed by atoms with Gasteiger partial charge in [-0.1, -0.05) is 35.9 Å². The second-order valence-electron chi connectivity index (χ2n) is 5.77. The Morgan fingerprint density at radius 2 is 2.08 bits per heavy atom. The van der Waals surface area contributed by atoms with Crippen molar-refractivity contribution in [2.24, 2.45) is 0 Å². The van der Waals surface area contributed by atoms with Gasteiger partial charge in [-0.2, -0.15) is 0 Å². The molecule has 3 aromatic rings. The van der Waals surface area contributed by atoms with Crippen molar-refractivity contribution in [1.82, 2.24) is 14.9 Å². The molecule has 2 aromatic carbocycles. The zero-order valence-electron chi connectivity index (χ0n) is 14.0. The summed E-state index contributed by atoms with van der Waals surface area (Å²) >= 11 is 7.55. The van der Waals surface area contributed by atoms with Crippen LogP contribution in [0.3, 0.4) is 0 Å². The van der Waals surface area contributed by atoms with Gasteiger partial charge < -0.3 is 9.88 Å². The quantitative estimate of drug-likeness (QED) is 0.679. The normalized spacial score (nSPS) is 11.0. The van der Waals surface area contributed by atoms with E-state index >= 15 is 0 Å². The minimum absolute atomic E-state index is 0.0501. The van der Waals surface area contributed by atoms with Gasteiger partial charge in [0.25, 0.3) is 0 Å². The molecule has 130 valence electrons. The highest BCUT2D eigenvalue weighted by atomic mass is 35.5. The zero-order chi connectivity index (χ0) is 17.6. The van der Waals surface area contributed by atoms with E-state index in [1.54, 1.807) is 11.8 Å². The average Bonchev–Trinajstić information content (AvgIpc) is 2.91. The van der Waals surface area contributed by atoms with E-state index in [1.165, 1.54) is 0 Å². The Morgan fingerprint density at radius 3 is 2.92 bits per heavy atom. The molecule has 0 aliphatic carbocycles. The van der Waals surface area contributed by atoms with Crippen molar-refractivity contribution in [1.29, 1.82) is 0 Å². The molecule has 1 amide bonds. The number of thioether (sulfide) groups is 1. The summed E-state index contributed by atoms with van der Waals surface area (Å²) in [5.74, 6) is 2.23. The van der Waals surface area contributed by atoms with Crippen LogP contribution in [-0.4, -0.2) is 27.8 Å². The Morgan fingerprint density at radius 1 is 1.24 bits per heavy atom. The number of aryl methyl sites for hydroxylation is 1. The molecule has 0 bridgehead atoms. The number of benzene rings is 2.